The van der Waals surface area contributed by atoms with E-state index in [1.54, 1.807) is 0 Å². The number of ether oxygens (including phenoxy) is 3. The lowest BCUT2D eigenvalue weighted by molar-refractivity contribution is -0.139. The van der Waals surface area contributed by atoms with Crippen LogP contribution in [0.1, 0.15) is 39.0 Å². The molecule has 2 N–H and O–H groups in total. The van der Waals surface area contributed by atoms with Crippen LogP contribution in [0.5, 0.6) is 0 Å². The van der Waals surface area contributed by atoms with Gasteiger partial charge in [0.2, 0.25) is 0 Å². The van der Waals surface area contributed by atoms with Crippen LogP contribution in [0, 0.1) is 0 Å². The maximum Gasteiger partial charge on any atom is 0.320 e. The zero-order valence-corrected chi connectivity index (χ0v) is 13.0. The van der Waals surface area contributed by atoms with Gasteiger partial charge in [-0.25, -0.2) is 0 Å². The molecule has 1 fully saturated rings. The van der Waals surface area contributed by atoms with Crippen molar-refractivity contribution in [1.29, 1.82) is 0 Å². The minimum atomic E-state index is -0.757. The van der Waals surface area contributed by atoms with Crippen LogP contribution >= 0.6 is 0 Å². The second kappa shape index (κ2) is 11.9. The molecule has 0 aromatic heterocycles. The fourth-order valence-corrected chi connectivity index (χ4v) is 2.26. The Bertz CT molecular complexity index is 275. The van der Waals surface area contributed by atoms with Gasteiger partial charge in [0, 0.05) is 19.3 Å². The second-order valence-corrected chi connectivity index (χ2v) is 5.31. The predicted molar refractivity (Wildman–Crippen MR) is 79.6 cm³/mol. The van der Waals surface area contributed by atoms with Crippen LogP contribution in [-0.2, 0) is 19.0 Å². The molecular formula is C15H29NO5. The number of nitrogens with one attached hydrogen (secondary N) is 1. The maximum absolute atomic E-state index is 10.8. The van der Waals surface area contributed by atoms with Crippen LogP contribution in [0.4, 0.5) is 0 Å². The molecule has 124 valence electrons. The molecule has 2 atom stereocenters. The third kappa shape index (κ3) is 9.03. The Labute approximate surface area is 127 Å². The Hall–Kier alpha value is -0.690. The molecule has 1 heterocycles. The zero-order chi connectivity index (χ0) is 15.3. The van der Waals surface area contributed by atoms with Gasteiger partial charge in [0.05, 0.1) is 26.4 Å². The first kappa shape index (κ1) is 18.4. The number of aliphatic carboxylic acids is 1. The minimum Gasteiger partial charge on any atom is -0.480 e. The van der Waals surface area contributed by atoms with Gasteiger partial charge in [-0.2, -0.15) is 0 Å². The number of carbonyl (C=O) groups is 1. The van der Waals surface area contributed by atoms with Crippen LogP contribution in [0.3, 0.4) is 0 Å². The van der Waals surface area contributed by atoms with Crippen LogP contribution in [0.15, 0.2) is 0 Å². The normalized spacial score (nSPS) is 21.8. The monoisotopic (exact) mass is 303 g/mol. The molecule has 1 saturated heterocycles. The zero-order valence-electron chi connectivity index (χ0n) is 13.0. The van der Waals surface area contributed by atoms with Crippen molar-refractivity contribution in [3.63, 3.8) is 0 Å². The van der Waals surface area contributed by atoms with Crippen molar-refractivity contribution in [3.05, 3.63) is 0 Å². The number of unbranched alkanes of at least 4 members (excludes halogenated alkanes) is 1. The summed E-state index contributed by atoms with van der Waals surface area (Å²) in [5.74, 6) is -0.757. The fourth-order valence-electron chi connectivity index (χ4n) is 2.26. The quantitative estimate of drug-likeness (QED) is 0.501. The third-order valence-electron chi connectivity index (χ3n) is 3.54. The first-order valence-electron chi connectivity index (χ1n) is 7.96. The van der Waals surface area contributed by atoms with Crippen molar-refractivity contribution in [2.75, 3.05) is 39.6 Å². The van der Waals surface area contributed by atoms with Gasteiger partial charge in [-0.3, -0.25) is 4.79 Å². The molecule has 0 amide bonds. The Morgan fingerprint density at radius 1 is 1.05 bits per heavy atom. The van der Waals surface area contributed by atoms with E-state index in [4.69, 9.17) is 19.3 Å². The Morgan fingerprint density at radius 2 is 1.67 bits per heavy atom. The van der Waals surface area contributed by atoms with E-state index in [0.29, 0.717) is 39.5 Å². The lowest BCUT2D eigenvalue weighted by Gasteiger charge is -2.12. The van der Waals surface area contributed by atoms with Crippen molar-refractivity contribution in [2.24, 2.45) is 0 Å². The molecule has 1 rings (SSSR count). The van der Waals surface area contributed by atoms with Gasteiger partial charge in [0.1, 0.15) is 6.04 Å². The van der Waals surface area contributed by atoms with E-state index in [9.17, 15) is 4.79 Å². The number of rotatable bonds is 13. The summed E-state index contributed by atoms with van der Waals surface area (Å²) >= 11 is 0. The predicted octanol–water partition coefficient (Wildman–Crippen LogP) is 1.43. The summed E-state index contributed by atoms with van der Waals surface area (Å²) in [6.07, 6.45) is 4.72. The summed E-state index contributed by atoms with van der Waals surface area (Å²) in [5, 5.41) is 12.0. The average molecular weight is 303 g/mol. The van der Waals surface area contributed by atoms with E-state index >= 15 is 0 Å². The highest BCUT2D eigenvalue weighted by Crippen LogP contribution is 2.15. The van der Waals surface area contributed by atoms with E-state index in [1.807, 2.05) is 0 Å². The average Bonchev–Trinajstić information content (AvgIpc) is 2.94. The van der Waals surface area contributed by atoms with Gasteiger partial charge < -0.3 is 24.6 Å². The summed E-state index contributed by atoms with van der Waals surface area (Å²) < 4.78 is 16.3. The lowest BCUT2D eigenvalue weighted by atomic mass is 10.1. The van der Waals surface area contributed by atoms with E-state index in [1.165, 1.54) is 0 Å². The van der Waals surface area contributed by atoms with Gasteiger partial charge in [0.15, 0.2) is 0 Å². The molecule has 6 nitrogen and oxygen atoms in total. The van der Waals surface area contributed by atoms with Gasteiger partial charge in [-0.15, -0.1) is 0 Å². The minimum absolute atomic E-state index is 0.263. The van der Waals surface area contributed by atoms with Gasteiger partial charge >= 0.3 is 5.97 Å². The number of carboxylic acids is 1. The van der Waals surface area contributed by atoms with Crippen molar-refractivity contribution in [2.45, 2.75) is 51.1 Å². The fraction of sp³-hybridized carbons (Fsp3) is 0.933. The highest BCUT2D eigenvalue weighted by atomic mass is 16.5. The lowest BCUT2D eigenvalue weighted by Crippen LogP contribution is -2.35. The van der Waals surface area contributed by atoms with E-state index < -0.39 is 5.97 Å². The highest BCUT2D eigenvalue weighted by Gasteiger charge is 2.28. The number of carboxylic acid groups (broad SMARTS) is 1. The molecule has 0 aliphatic carbocycles. The summed E-state index contributed by atoms with van der Waals surface area (Å²) in [6.45, 7) is 5.99. The molecule has 0 saturated carbocycles. The van der Waals surface area contributed by atoms with Gasteiger partial charge in [-0.1, -0.05) is 13.3 Å². The van der Waals surface area contributed by atoms with E-state index in [2.05, 4.69) is 12.2 Å². The molecular weight excluding hydrogens is 274 g/mol. The summed E-state index contributed by atoms with van der Waals surface area (Å²) in [6, 6.07) is -0.120. The Kier molecular flexibility index (Phi) is 10.4. The number of hydrogen-bond donors (Lipinski definition) is 2. The Balaban J connectivity index is 1.80. The largest absolute Gasteiger partial charge is 0.480 e. The summed E-state index contributed by atoms with van der Waals surface area (Å²) in [5.41, 5.74) is 0. The molecule has 0 radical (unpaired) electrons. The van der Waals surface area contributed by atoms with E-state index in [-0.39, 0.29) is 12.1 Å². The van der Waals surface area contributed by atoms with Crippen LogP contribution < -0.4 is 5.32 Å². The summed E-state index contributed by atoms with van der Waals surface area (Å²) in [4.78, 5) is 10.8. The standard InChI is InChI=1S/C15H29NO5/c1-2-3-7-19-9-11-21-12-10-20-8-6-13-4-5-14(16-13)15(17)18/h13-14,16H,2-12H2,1H3,(H,17,18). The van der Waals surface area contributed by atoms with Crippen molar-refractivity contribution >= 4 is 5.97 Å². The smallest absolute Gasteiger partial charge is 0.320 e. The van der Waals surface area contributed by atoms with Crippen LogP contribution in [-0.4, -0.2) is 62.8 Å². The molecule has 2 unspecified atom stereocenters. The van der Waals surface area contributed by atoms with Crippen LogP contribution in [0.2, 0.25) is 0 Å². The van der Waals surface area contributed by atoms with Crippen LogP contribution in [0.25, 0.3) is 0 Å². The SMILES string of the molecule is CCCCOCCOCCOCCC1CCC(C(=O)O)N1. The number of hydrogen-bond acceptors (Lipinski definition) is 5. The molecule has 1 aliphatic rings. The molecule has 0 bridgehead atoms. The maximum atomic E-state index is 10.8. The first-order chi connectivity index (χ1) is 10.2. The topological polar surface area (TPSA) is 77.0 Å². The molecule has 0 aromatic rings. The third-order valence-corrected chi connectivity index (χ3v) is 3.54. The van der Waals surface area contributed by atoms with Gasteiger partial charge in [-0.05, 0) is 25.7 Å². The first-order valence-corrected chi connectivity index (χ1v) is 7.96. The second-order valence-electron chi connectivity index (χ2n) is 5.31. The Morgan fingerprint density at radius 3 is 2.24 bits per heavy atom. The highest BCUT2D eigenvalue weighted by molar-refractivity contribution is 5.73. The molecule has 0 aromatic carbocycles. The van der Waals surface area contributed by atoms with Crippen molar-refractivity contribution in [3.8, 4) is 0 Å². The summed E-state index contributed by atoms with van der Waals surface area (Å²) in [7, 11) is 0. The molecule has 0 spiro atoms. The molecule has 21 heavy (non-hydrogen) atoms. The molecule has 6 heteroatoms. The van der Waals surface area contributed by atoms with Crippen molar-refractivity contribution in [1.82, 2.24) is 5.32 Å². The van der Waals surface area contributed by atoms with Gasteiger partial charge in [0.25, 0.3) is 0 Å². The van der Waals surface area contributed by atoms with E-state index in [0.717, 1.165) is 32.3 Å². The van der Waals surface area contributed by atoms with Crippen molar-refractivity contribution < 1.29 is 24.1 Å². The molecule has 1 aliphatic heterocycles.